The van der Waals surface area contributed by atoms with Crippen molar-refractivity contribution >= 4 is 34.2 Å². The Morgan fingerprint density at radius 1 is 1.07 bits per heavy atom. The van der Waals surface area contributed by atoms with E-state index < -0.39 is 0 Å². The molecule has 1 fully saturated rings. The molecule has 0 bridgehead atoms. The van der Waals surface area contributed by atoms with Gasteiger partial charge in [0, 0.05) is 31.3 Å². The molecule has 3 aliphatic rings. The number of rotatable bonds is 9. The summed E-state index contributed by atoms with van der Waals surface area (Å²) in [4.78, 5) is 24.3. The molecule has 0 N–H and O–H groups in total. The van der Waals surface area contributed by atoms with Crippen molar-refractivity contribution in [2.45, 2.75) is 38.6 Å². The van der Waals surface area contributed by atoms with Gasteiger partial charge in [0.1, 0.15) is 25.6 Å². The van der Waals surface area contributed by atoms with Crippen molar-refractivity contribution in [1.29, 1.82) is 0 Å². The van der Waals surface area contributed by atoms with Gasteiger partial charge in [0.15, 0.2) is 11.5 Å². The minimum absolute atomic E-state index is 0.160. The van der Waals surface area contributed by atoms with Crippen LogP contribution in [0.15, 0.2) is 54.6 Å². The Kier molecular flexibility index (Phi) is 8.12. The molecule has 10 nitrogen and oxygen atoms in total. The van der Waals surface area contributed by atoms with Crippen LogP contribution in [-0.2, 0) is 29.2 Å². The Morgan fingerprint density at radius 2 is 1.93 bits per heavy atom. The minimum atomic E-state index is -0.356. The van der Waals surface area contributed by atoms with Gasteiger partial charge in [-0.1, -0.05) is 29.8 Å². The van der Waals surface area contributed by atoms with Gasteiger partial charge < -0.3 is 28.3 Å². The Balaban J connectivity index is 1.04. The average molecular weight is 617 g/mol. The maximum absolute atomic E-state index is 12.2. The molecule has 0 saturated carbocycles. The van der Waals surface area contributed by atoms with E-state index in [2.05, 4.69) is 15.5 Å². The van der Waals surface area contributed by atoms with Crippen molar-refractivity contribution in [1.82, 2.24) is 19.4 Å². The number of nitrogens with zero attached hydrogens (tertiary/aromatic N) is 4. The van der Waals surface area contributed by atoms with Gasteiger partial charge in [-0.25, -0.2) is 14.8 Å². The number of carbonyl (C=O) groups is 1. The second-order valence-corrected chi connectivity index (χ2v) is 11.4. The lowest BCUT2D eigenvalue weighted by Crippen LogP contribution is -2.33. The Bertz CT molecular complexity index is 1730. The summed E-state index contributed by atoms with van der Waals surface area (Å²) in [6.45, 7) is 5.05. The number of carbonyl (C=O) groups excluding carboxylic acids is 1. The topological polar surface area (TPSA) is 97.2 Å². The summed E-state index contributed by atoms with van der Waals surface area (Å²) in [7, 11) is 1.40. The molecule has 11 heteroatoms. The molecule has 2 aromatic carbocycles. The van der Waals surface area contributed by atoms with E-state index in [1.807, 2.05) is 36.4 Å². The van der Waals surface area contributed by atoms with E-state index in [-0.39, 0.29) is 12.1 Å². The molecule has 0 spiro atoms. The largest absolute Gasteiger partial charge is 0.486 e. The van der Waals surface area contributed by atoms with Gasteiger partial charge >= 0.3 is 5.97 Å². The van der Waals surface area contributed by atoms with Gasteiger partial charge in [-0.3, -0.25) is 4.90 Å². The SMILES string of the molecule is COC(=O)c1ccc2nc(CN3CC=C(c4cccc(OCc5ccc(Cl)c6c5OCCO6)n4)CC3)n(C[C@@H]3CCO3)c2c1. The number of methoxy groups -OCH3 is 1. The molecule has 0 unspecified atom stereocenters. The van der Waals surface area contributed by atoms with Crippen molar-refractivity contribution < 1.29 is 28.5 Å². The Hall–Kier alpha value is -4.12. The van der Waals surface area contributed by atoms with Crippen LogP contribution < -0.4 is 14.2 Å². The normalized spacial score (nSPS) is 18.0. The number of fused-ring (bicyclic) bond motifs is 2. The highest BCUT2D eigenvalue weighted by atomic mass is 35.5. The van der Waals surface area contributed by atoms with Crippen molar-refractivity contribution in [2.75, 3.05) is 40.0 Å². The van der Waals surface area contributed by atoms with Crippen molar-refractivity contribution in [3.05, 3.63) is 82.3 Å². The van der Waals surface area contributed by atoms with Crippen LogP contribution in [0.3, 0.4) is 0 Å². The lowest BCUT2D eigenvalue weighted by Gasteiger charge is -2.29. The predicted molar refractivity (Wildman–Crippen MR) is 164 cm³/mol. The van der Waals surface area contributed by atoms with Crippen LogP contribution in [0.1, 0.15) is 40.3 Å². The summed E-state index contributed by atoms with van der Waals surface area (Å²) < 4.78 is 30.5. The first kappa shape index (κ1) is 28.6. The number of pyridine rings is 1. The number of halogens is 1. The number of hydrogen-bond acceptors (Lipinski definition) is 9. The van der Waals surface area contributed by atoms with Gasteiger partial charge in [0.05, 0.1) is 53.6 Å². The lowest BCUT2D eigenvalue weighted by molar-refractivity contribution is -0.0591. The molecule has 7 rings (SSSR count). The van der Waals surface area contributed by atoms with Crippen LogP contribution in [0.5, 0.6) is 17.4 Å². The van der Waals surface area contributed by atoms with Gasteiger partial charge in [-0.05, 0) is 48.7 Å². The average Bonchev–Trinajstić information content (AvgIpc) is 3.38. The molecular weight excluding hydrogens is 584 g/mol. The monoisotopic (exact) mass is 616 g/mol. The highest BCUT2D eigenvalue weighted by Crippen LogP contribution is 2.40. The summed E-state index contributed by atoms with van der Waals surface area (Å²) in [5.74, 6) is 2.35. The van der Waals surface area contributed by atoms with E-state index in [4.69, 9.17) is 45.3 Å². The third-order valence-corrected chi connectivity index (χ3v) is 8.53. The fourth-order valence-electron chi connectivity index (χ4n) is 5.76. The third kappa shape index (κ3) is 5.85. The number of ether oxygens (including phenoxy) is 5. The van der Waals surface area contributed by atoms with Crippen molar-refractivity contribution in [2.24, 2.45) is 0 Å². The zero-order valence-electron chi connectivity index (χ0n) is 24.5. The highest BCUT2D eigenvalue weighted by molar-refractivity contribution is 6.32. The number of aromatic nitrogens is 3. The molecule has 0 amide bonds. The Morgan fingerprint density at radius 3 is 2.70 bits per heavy atom. The predicted octanol–water partition coefficient (Wildman–Crippen LogP) is 5.30. The lowest BCUT2D eigenvalue weighted by atomic mass is 10.0. The van der Waals surface area contributed by atoms with Crippen LogP contribution in [0.25, 0.3) is 16.6 Å². The third-order valence-electron chi connectivity index (χ3n) is 8.24. The standard InChI is InChI=1S/C33H33ClN4O6/c1-40-33(39)22-6-8-27-28(17-22)38(18-24-11-14-41-24)29(35-27)19-37-12-9-21(10-13-37)26-3-2-4-30(36-26)44-20-23-5-7-25(34)32-31(23)42-15-16-43-32/h2-9,17,24H,10-16,18-20H2,1H3/t24-/m0/s1. The molecule has 4 aromatic rings. The molecule has 2 aromatic heterocycles. The summed E-state index contributed by atoms with van der Waals surface area (Å²) >= 11 is 6.28. The number of hydrogen-bond donors (Lipinski definition) is 0. The first-order valence-electron chi connectivity index (χ1n) is 14.8. The summed E-state index contributed by atoms with van der Waals surface area (Å²) in [5.41, 5.74) is 5.25. The van der Waals surface area contributed by atoms with E-state index in [1.54, 1.807) is 12.1 Å². The fraction of sp³-hybridized carbons (Fsp3) is 0.364. The summed E-state index contributed by atoms with van der Waals surface area (Å²) in [5, 5.41) is 0.527. The molecule has 44 heavy (non-hydrogen) atoms. The maximum Gasteiger partial charge on any atom is 0.337 e. The van der Waals surface area contributed by atoms with E-state index >= 15 is 0 Å². The smallest absolute Gasteiger partial charge is 0.337 e. The quantitative estimate of drug-likeness (QED) is 0.232. The molecule has 0 radical (unpaired) electrons. The zero-order chi connectivity index (χ0) is 30.0. The Labute approximate surface area is 260 Å². The van der Waals surface area contributed by atoms with E-state index in [1.165, 1.54) is 12.7 Å². The van der Waals surface area contributed by atoms with E-state index in [9.17, 15) is 4.79 Å². The summed E-state index contributed by atoms with van der Waals surface area (Å²) in [6, 6.07) is 15.1. The first-order chi connectivity index (χ1) is 21.6. The highest BCUT2D eigenvalue weighted by Gasteiger charge is 2.25. The van der Waals surface area contributed by atoms with Gasteiger partial charge in [0.25, 0.3) is 0 Å². The van der Waals surface area contributed by atoms with Gasteiger partial charge in [0.2, 0.25) is 5.88 Å². The van der Waals surface area contributed by atoms with Gasteiger partial charge in [-0.2, -0.15) is 0 Å². The maximum atomic E-state index is 12.2. The molecule has 3 aliphatic heterocycles. The van der Waals surface area contributed by atoms with Crippen LogP contribution in [-0.4, -0.2) is 71.5 Å². The molecule has 228 valence electrons. The van der Waals surface area contributed by atoms with Crippen LogP contribution in [0.2, 0.25) is 5.02 Å². The number of imidazole rings is 1. The van der Waals surface area contributed by atoms with E-state index in [0.717, 1.165) is 60.7 Å². The van der Waals surface area contributed by atoms with Crippen LogP contribution in [0, 0.1) is 0 Å². The molecule has 1 saturated heterocycles. The number of benzene rings is 2. The first-order valence-corrected chi connectivity index (χ1v) is 15.2. The molecule has 5 heterocycles. The zero-order valence-corrected chi connectivity index (χ0v) is 25.2. The van der Waals surface area contributed by atoms with Crippen molar-refractivity contribution in [3.63, 3.8) is 0 Å². The number of esters is 1. The minimum Gasteiger partial charge on any atom is -0.486 e. The summed E-state index contributed by atoms with van der Waals surface area (Å²) in [6.07, 6.45) is 4.26. The van der Waals surface area contributed by atoms with Crippen molar-refractivity contribution in [3.8, 4) is 17.4 Å². The van der Waals surface area contributed by atoms with Crippen LogP contribution in [0.4, 0.5) is 0 Å². The fourth-order valence-corrected chi connectivity index (χ4v) is 5.96. The van der Waals surface area contributed by atoms with Gasteiger partial charge in [-0.15, -0.1) is 0 Å². The second kappa shape index (κ2) is 12.5. The molecular formula is C33H33ClN4O6. The molecule has 1 atom stereocenters. The molecule has 0 aliphatic carbocycles. The second-order valence-electron chi connectivity index (χ2n) is 11.0. The van der Waals surface area contributed by atoms with E-state index in [0.29, 0.717) is 60.9 Å². The van der Waals surface area contributed by atoms with Crippen LogP contribution >= 0.6 is 11.6 Å².